The van der Waals surface area contributed by atoms with Gasteiger partial charge in [0.05, 0.1) is 5.75 Å². The summed E-state index contributed by atoms with van der Waals surface area (Å²) in [5.74, 6) is 1.96. The van der Waals surface area contributed by atoms with Gasteiger partial charge in [-0.1, -0.05) is 37.4 Å². The fourth-order valence-corrected chi connectivity index (χ4v) is 4.27. The van der Waals surface area contributed by atoms with E-state index in [1.807, 2.05) is 25.1 Å². The van der Waals surface area contributed by atoms with Crippen LogP contribution in [0.25, 0.3) is 0 Å². The number of halogens is 1. The Bertz CT molecular complexity index is 712. The van der Waals surface area contributed by atoms with Crippen LogP contribution in [0.1, 0.15) is 37.1 Å². The number of aromatic nitrogens is 3. The lowest BCUT2D eigenvalue weighted by molar-refractivity contribution is -0.113. The topological polar surface area (TPSA) is 70.7 Å². The Morgan fingerprint density at radius 1 is 1.42 bits per heavy atom. The van der Waals surface area contributed by atoms with Crippen molar-refractivity contribution in [3.63, 3.8) is 0 Å². The molecule has 7 heteroatoms. The molecule has 0 aliphatic heterocycles. The lowest BCUT2D eigenvalue weighted by Crippen LogP contribution is -2.15. The molecule has 0 spiro atoms. The first-order valence-electron chi connectivity index (χ1n) is 8.20. The number of benzene rings is 1. The summed E-state index contributed by atoms with van der Waals surface area (Å²) in [6, 6.07) is 5.97. The van der Waals surface area contributed by atoms with Crippen molar-refractivity contribution in [2.75, 3.05) is 11.1 Å². The molecule has 1 fully saturated rings. The zero-order valence-corrected chi connectivity index (χ0v) is 16.6. The van der Waals surface area contributed by atoms with Gasteiger partial charge in [-0.25, -0.2) is 4.98 Å². The maximum absolute atomic E-state index is 12.1. The molecule has 0 atom stereocenters. The fourth-order valence-electron chi connectivity index (χ4n) is 3.01. The molecule has 1 aliphatic carbocycles. The first-order chi connectivity index (χ1) is 11.6. The van der Waals surface area contributed by atoms with Crippen LogP contribution in [0.4, 0.5) is 5.69 Å². The molecule has 1 heterocycles. The second kappa shape index (κ2) is 8.33. The number of rotatable bonds is 6. The fraction of sp³-hybridized carbons (Fsp3) is 0.471. The molecule has 2 N–H and O–H groups in total. The summed E-state index contributed by atoms with van der Waals surface area (Å²) in [6.45, 7) is 2.00. The SMILES string of the molecule is Cc1cc(I)ccc1NC(=O)CSc1n[nH]c(CC2CCCC2)n1. The lowest BCUT2D eigenvalue weighted by Gasteiger charge is -2.08. The van der Waals surface area contributed by atoms with Crippen LogP contribution in [0, 0.1) is 16.4 Å². The van der Waals surface area contributed by atoms with Gasteiger partial charge in [-0.15, -0.1) is 5.10 Å². The highest BCUT2D eigenvalue weighted by Gasteiger charge is 2.17. The van der Waals surface area contributed by atoms with Crippen LogP contribution in [0.3, 0.4) is 0 Å². The van der Waals surface area contributed by atoms with Crippen LogP contribution >= 0.6 is 34.4 Å². The third kappa shape index (κ3) is 4.95. The van der Waals surface area contributed by atoms with Gasteiger partial charge < -0.3 is 5.32 Å². The number of aryl methyl sites for hydroxylation is 1. The van der Waals surface area contributed by atoms with E-state index < -0.39 is 0 Å². The van der Waals surface area contributed by atoms with E-state index in [0.29, 0.717) is 10.9 Å². The number of anilines is 1. The number of amides is 1. The van der Waals surface area contributed by atoms with Crippen LogP contribution in [0.2, 0.25) is 0 Å². The van der Waals surface area contributed by atoms with Gasteiger partial charge in [-0.3, -0.25) is 9.89 Å². The minimum absolute atomic E-state index is 0.0357. The van der Waals surface area contributed by atoms with Gasteiger partial charge in [0.25, 0.3) is 0 Å². The number of thioether (sulfide) groups is 1. The molecular formula is C17H21IN4OS. The van der Waals surface area contributed by atoms with E-state index in [1.165, 1.54) is 37.4 Å². The van der Waals surface area contributed by atoms with E-state index in [0.717, 1.165) is 33.0 Å². The quantitative estimate of drug-likeness (QED) is 0.506. The molecule has 3 rings (SSSR count). The van der Waals surface area contributed by atoms with Gasteiger partial charge in [0, 0.05) is 15.7 Å². The Balaban J connectivity index is 1.48. The van der Waals surface area contributed by atoms with E-state index in [2.05, 4.69) is 43.1 Å². The molecule has 1 aromatic heterocycles. The Hall–Kier alpha value is -1.09. The highest BCUT2D eigenvalue weighted by Crippen LogP contribution is 2.27. The largest absolute Gasteiger partial charge is 0.325 e. The van der Waals surface area contributed by atoms with Crippen molar-refractivity contribution in [2.45, 2.75) is 44.2 Å². The van der Waals surface area contributed by atoms with E-state index in [1.54, 1.807) is 0 Å². The molecular weight excluding hydrogens is 435 g/mol. The van der Waals surface area contributed by atoms with E-state index in [-0.39, 0.29) is 5.91 Å². The molecule has 0 radical (unpaired) electrons. The Kier molecular flexibility index (Phi) is 6.15. The highest BCUT2D eigenvalue weighted by molar-refractivity contribution is 14.1. The van der Waals surface area contributed by atoms with Crippen molar-refractivity contribution < 1.29 is 4.79 Å². The molecule has 24 heavy (non-hydrogen) atoms. The maximum atomic E-state index is 12.1. The zero-order valence-electron chi connectivity index (χ0n) is 13.6. The average molecular weight is 456 g/mol. The van der Waals surface area contributed by atoms with Crippen LogP contribution in [-0.2, 0) is 11.2 Å². The highest BCUT2D eigenvalue weighted by atomic mass is 127. The minimum atomic E-state index is -0.0357. The first-order valence-corrected chi connectivity index (χ1v) is 10.3. The van der Waals surface area contributed by atoms with E-state index in [4.69, 9.17) is 0 Å². The van der Waals surface area contributed by atoms with Gasteiger partial charge in [-0.2, -0.15) is 0 Å². The smallest absolute Gasteiger partial charge is 0.234 e. The van der Waals surface area contributed by atoms with Crippen molar-refractivity contribution in [3.05, 3.63) is 33.2 Å². The van der Waals surface area contributed by atoms with Crippen molar-refractivity contribution in [1.29, 1.82) is 0 Å². The van der Waals surface area contributed by atoms with E-state index in [9.17, 15) is 4.79 Å². The number of nitrogens with one attached hydrogen (secondary N) is 2. The molecule has 128 valence electrons. The average Bonchev–Trinajstić information content (AvgIpc) is 3.20. The molecule has 0 bridgehead atoms. The number of carbonyl (C=O) groups is 1. The van der Waals surface area contributed by atoms with E-state index >= 15 is 0 Å². The van der Waals surface area contributed by atoms with Crippen molar-refractivity contribution in [3.8, 4) is 0 Å². The summed E-state index contributed by atoms with van der Waals surface area (Å²) in [4.78, 5) is 16.6. The predicted octanol–water partition coefficient (Wildman–Crippen LogP) is 4.18. The van der Waals surface area contributed by atoms with Crippen LogP contribution in [0.5, 0.6) is 0 Å². The molecule has 1 saturated carbocycles. The summed E-state index contributed by atoms with van der Waals surface area (Å²) < 4.78 is 1.16. The Morgan fingerprint density at radius 2 is 2.21 bits per heavy atom. The minimum Gasteiger partial charge on any atom is -0.325 e. The van der Waals surface area contributed by atoms with Crippen molar-refractivity contribution in [1.82, 2.24) is 15.2 Å². The molecule has 5 nitrogen and oxygen atoms in total. The molecule has 0 saturated heterocycles. The third-order valence-corrected chi connectivity index (χ3v) is 5.78. The second-order valence-electron chi connectivity index (χ2n) is 6.22. The van der Waals surface area contributed by atoms with Gasteiger partial charge >= 0.3 is 0 Å². The number of nitrogens with zero attached hydrogens (tertiary/aromatic N) is 2. The maximum Gasteiger partial charge on any atom is 0.234 e. The second-order valence-corrected chi connectivity index (χ2v) is 8.40. The zero-order chi connectivity index (χ0) is 16.9. The standard InChI is InChI=1S/C17H21IN4OS/c1-11-8-13(18)6-7-14(11)19-16(23)10-24-17-20-15(21-22-17)9-12-4-2-3-5-12/h6-8,12H,2-5,9-10H2,1H3,(H,19,23)(H,20,21,22). The van der Waals surface area contributed by atoms with Crippen LogP contribution in [0.15, 0.2) is 23.4 Å². The Labute approximate surface area is 159 Å². The van der Waals surface area contributed by atoms with Gasteiger partial charge in [-0.05, 0) is 59.2 Å². The summed E-state index contributed by atoms with van der Waals surface area (Å²) in [5.41, 5.74) is 1.93. The van der Waals surface area contributed by atoms with Gasteiger partial charge in [0.2, 0.25) is 11.1 Å². The lowest BCUT2D eigenvalue weighted by atomic mass is 10.0. The molecule has 1 amide bonds. The van der Waals surface area contributed by atoms with Gasteiger partial charge in [0.15, 0.2) is 0 Å². The number of aromatic amines is 1. The summed E-state index contributed by atoms with van der Waals surface area (Å²) in [5, 5.41) is 10.8. The third-order valence-electron chi connectivity index (χ3n) is 4.26. The predicted molar refractivity (Wildman–Crippen MR) is 105 cm³/mol. The first kappa shape index (κ1) is 17.7. The number of carbonyl (C=O) groups excluding carboxylic acids is 1. The summed E-state index contributed by atoms with van der Waals surface area (Å²) >= 11 is 3.63. The van der Waals surface area contributed by atoms with Crippen molar-refractivity contribution >= 4 is 45.9 Å². The van der Waals surface area contributed by atoms with Gasteiger partial charge in [0.1, 0.15) is 5.82 Å². The number of hydrogen-bond donors (Lipinski definition) is 2. The molecule has 0 unspecified atom stereocenters. The van der Waals surface area contributed by atoms with Crippen molar-refractivity contribution in [2.24, 2.45) is 5.92 Å². The Morgan fingerprint density at radius 3 is 2.96 bits per heavy atom. The normalized spacial score (nSPS) is 14.9. The molecule has 2 aromatic rings. The number of hydrogen-bond acceptors (Lipinski definition) is 4. The molecule has 1 aromatic carbocycles. The summed E-state index contributed by atoms with van der Waals surface area (Å²) in [6.07, 6.45) is 6.22. The van der Waals surface area contributed by atoms with Crippen LogP contribution in [-0.4, -0.2) is 26.8 Å². The number of H-pyrrole nitrogens is 1. The monoisotopic (exact) mass is 456 g/mol. The van der Waals surface area contributed by atoms with Crippen LogP contribution < -0.4 is 5.32 Å². The molecule has 1 aliphatic rings. The summed E-state index contributed by atoms with van der Waals surface area (Å²) in [7, 11) is 0.